The zero-order valence-electron chi connectivity index (χ0n) is 14.0. The Morgan fingerprint density at radius 3 is 2.15 bits per heavy atom. The first-order valence-electron chi connectivity index (χ1n) is 8.16. The SMILES string of the molecule is O=C(COc1ccc(Oc2ccccc2)cc1)NCc1ccccc1F. The van der Waals surface area contributed by atoms with Crippen molar-refractivity contribution in [2.24, 2.45) is 0 Å². The van der Waals surface area contributed by atoms with Crippen molar-refractivity contribution in [3.05, 3.63) is 90.2 Å². The lowest BCUT2D eigenvalue weighted by Crippen LogP contribution is -2.28. The molecule has 0 spiro atoms. The van der Waals surface area contributed by atoms with Gasteiger partial charge in [0.2, 0.25) is 0 Å². The maximum absolute atomic E-state index is 13.5. The first-order valence-corrected chi connectivity index (χ1v) is 8.16. The number of carbonyl (C=O) groups is 1. The Morgan fingerprint density at radius 1 is 0.808 bits per heavy atom. The Labute approximate surface area is 151 Å². The molecular formula is C21H18FNO3. The van der Waals surface area contributed by atoms with Crippen LogP contribution in [0, 0.1) is 5.82 Å². The molecule has 5 heteroatoms. The number of benzene rings is 3. The van der Waals surface area contributed by atoms with Gasteiger partial charge in [-0.25, -0.2) is 4.39 Å². The van der Waals surface area contributed by atoms with Gasteiger partial charge in [0.25, 0.3) is 5.91 Å². The van der Waals surface area contributed by atoms with Crippen molar-refractivity contribution in [2.75, 3.05) is 6.61 Å². The first-order chi connectivity index (χ1) is 12.7. The van der Waals surface area contributed by atoms with Crippen molar-refractivity contribution < 1.29 is 18.7 Å². The smallest absolute Gasteiger partial charge is 0.258 e. The number of hydrogen-bond acceptors (Lipinski definition) is 3. The fraction of sp³-hybridized carbons (Fsp3) is 0.0952. The molecule has 0 radical (unpaired) electrons. The van der Waals surface area contributed by atoms with Crippen LogP contribution in [0.2, 0.25) is 0 Å². The second-order valence-corrected chi connectivity index (χ2v) is 5.54. The lowest BCUT2D eigenvalue weighted by molar-refractivity contribution is -0.123. The molecule has 0 unspecified atom stereocenters. The number of halogens is 1. The number of rotatable bonds is 7. The van der Waals surface area contributed by atoms with Crippen LogP contribution in [-0.4, -0.2) is 12.5 Å². The van der Waals surface area contributed by atoms with Gasteiger partial charge in [0.15, 0.2) is 6.61 Å². The normalized spacial score (nSPS) is 10.2. The van der Waals surface area contributed by atoms with Gasteiger partial charge in [0.05, 0.1) is 0 Å². The minimum atomic E-state index is -0.345. The highest BCUT2D eigenvalue weighted by molar-refractivity contribution is 5.77. The third kappa shape index (κ3) is 5.08. The summed E-state index contributed by atoms with van der Waals surface area (Å²) < 4.78 is 24.6. The van der Waals surface area contributed by atoms with Crippen molar-refractivity contribution in [1.29, 1.82) is 0 Å². The van der Waals surface area contributed by atoms with Gasteiger partial charge >= 0.3 is 0 Å². The molecule has 0 aromatic heterocycles. The minimum absolute atomic E-state index is 0.124. The molecule has 0 bridgehead atoms. The van der Waals surface area contributed by atoms with Crippen LogP contribution in [-0.2, 0) is 11.3 Å². The predicted octanol–water partition coefficient (Wildman–Crippen LogP) is 4.31. The molecule has 0 saturated carbocycles. The van der Waals surface area contributed by atoms with Gasteiger partial charge < -0.3 is 14.8 Å². The van der Waals surface area contributed by atoms with E-state index in [-0.39, 0.29) is 24.9 Å². The van der Waals surface area contributed by atoms with Crippen LogP contribution in [0.3, 0.4) is 0 Å². The third-order valence-corrected chi connectivity index (χ3v) is 3.61. The molecule has 3 aromatic rings. The lowest BCUT2D eigenvalue weighted by Gasteiger charge is -2.09. The number of para-hydroxylation sites is 1. The molecule has 3 aromatic carbocycles. The maximum Gasteiger partial charge on any atom is 0.258 e. The Morgan fingerprint density at radius 2 is 1.42 bits per heavy atom. The quantitative estimate of drug-likeness (QED) is 0.690. The average molecular weight is 351 g/mol. The molecule has 0 saturated heterocycles. The predicted molar refractivity (Wildman–Crippen MR) is 96.7 cm³/mol. The average Bonchev–Trinajstić information content (AvgIpc) is 2.68. The second kappa shape index (κ2) is 8.67. The number of nitrogens with one attached hydrogen (secondary N) is 1. The highest BCUT2D eigenvalue weighted by Crippen LogP contribution is 2.23. The van der Waals surface area contributed by atoms with Crippen LogP contribution in [0.25, 0.3) is 0 Å². The van der Waals surface area contributed by atoms with Crippen molar-refractivity contribution in [3.63, 3.8) is 0 Å². The largest absolute Gasteiger partial charge is 0.484 e. The van der Waals surface area contributed by atoms with Crippen LogP contribution in [0.5, 0.6) is 17.2 Å². The van der Waals surface area contributed by atoms with E-state index in [1.54, 1.807) is 42.5 Å². The standard InChI is InChI=1S/C21H18FNO3/c22-20-9-5-4-6-16(20)14-23-21(24)15-25-17-10-12-19(13-11-17)26-18-7-2-1-3-8-18/h1-13H,14-15H2,(H,23,24). The number of amides is 1. The minimum Gasteiger partial charge on any atom is -0.484 e. The molecule has 1 N–H and O–H groups in total. The van der Waals surface area contributed by atoms with Crippen molar-refractivity contribution >= 4 is 5.91 Å². The van der Waals surface area contributed by atoms with Crippen molar-refractivity contribution in [2.45, 2.75) is 6.54 Å². The summed E-state index contributed by atoms with van der Waals surface area (Å²) in [6.07, 6.45) is 0. The van der Waals surface area contributed by atoms with Gasteiger partial charge in [-0.1, -0.05) is 36.4 Å². The lowest BCUT2D eigenvalue weighted by atomic mass is 10.2. The highest BCUT2D eigenvalue weighted by atomic mass is 19.1. The Bertz CT molecular complexity index is 851. The second-order valence-electron chi connectivity index (χ2n) is 5.54. The van der Waals surface area contributed by atoms with Gasteiger partial charge in [-0.3, -0.25) is 4.79 Å². The van der Waals surface area contributed by atoms with Crippen LogP contribution in [0.1, 0.15) is 5.56 Å². The van der Waals surface area contributed by atoms with E-state index in [9.17, 15) is 9.18 Å². The molecule has 0 aliphatic carbocycles. The highest BCUT2D eigenvalue weighted by Gasteiger charge is 2.06. The fourth-order valence-electron chi connectivity index (χ4n) is 2.26. The van der Waals surface area contributed by atoms with Gasteiger partial charge in [0, 0.05) is 12.1 Å². The van der Waals surface area contributed by atoms with Crippen LogP contribution >= 0.6 is 0 Å². The number of hydrogen-bond donors (Lipinski definition) is 1. The van der Waals surface area contributed by atoms with E-state index >= 15 is 0 Å². The number of carbonyl (C=O) groups excluding carboxylic acids is 1. The molecule has 0 heterocycles. The monoisotopic (exact) mass is 351 g/mol. The molecule has 0 aliphatic heterocycles. The van der Waals surface area contributed by atoms with E-state index < -0.39 is 0 Å². The molecule has 1 amide bonds. The van der Waals surface area contributed by atoms with E-state index in [4.69, 9.17) is 9.47 Å². The molecule has 0 aliphatic rings. The molecular weight excluding hydrogens is 333 g/mol. The molecule has 4 nitrogen and oxygen atoms in total. The Balaban J connectivity index is 1.45. The summed E-state index contributed by atoms with van der Waals surface area (Å²) in [4.78, 5) is 11.8. The summed E-state index contributed by atoms with van der Waals surface area (Å²) in [5.74, 6) is 1.30. The topological polar surface area (TPSA) is 47.6 Å². The van der Waals surface area contributed by atoms with E-state index in [1.165, 1.54) is 6.07 Å². The molecule has 0 atom stereocenters. The van der Waals surface area contributed by atoms with Crippen LogP contribution in [0.4, 0.5) is 4.39 Å². The molecule has 132 valence electrons. The zero-order valence-corrected chi connectivity index (χ0v) is 14.0. The zero-order chi connectivity index (χ0) is 18.2. The van der Waals surface area contributed by atoms with E-state index in [0.29, 0.717) is 17.1 Å². The van der Waals surface area contributed by atoms with Crippen LogP contribution in [0.15, 0.2) is 78.9 Å². The molecule has 0 fully saturated rings. The maximum atomic E-state index is 13.5. The van der Waals surface area contributed by atoms with Crippen molar-refractivity contribution in [1.82, 2.24) is 5.32 Å². The number of ether oxygens (including phenoxy) is 2. The molecule has 26 heavy (non-hydrogen) atoms. The summed E-state index contributed by atoms with van der Waals surface area (Å²) in [6, 6.07) is 22.7. The van der Waals surface area contributed by atoms with Crippen molar-refractivity contribution in [3.8, 4) is 17.2 Å². The molecule has 3 rings (SSSR count). The Hall–Kier alpha value is -3.34. The summed E-state index contributed by atoms with van der Waals surface area (Å²) in [6.45, 7) is -0.0218. The van der Waals surface area contributed by atoms with E-state index in [2.05, 4.69) is 5.32 Å². The van der Waals surface area contributed by atoms with Crippen LogP contribution < -0.4 is 14.8 Å². The third-order valence-electron chi connectivity index (χ3n) is 3.61. The fourth-order valence-corrected chi connectivity index (χ4v) is 2.26. The first kappa shape index (κ1) is 17.5. The van der Waals surface area contributed by atoms with Gasteiger partial charge in [0.1, 0.15) is 23.1 Å². The summed E-state index contributed by atoms with van der Waals surface area (Å²) in [7, 11) is 0. The summed E-state index contributed by atoms with van der Waals surface area (Å²) in [5, 5.41) is 2.63. The summed E-state index contributed by atoms with van der Waals surface area (Å²) >= 11 is 0. The van der Waals surface area contributed by atoms with Gasteiger partial charge in [-0.05, 0) is 42.5 Å². The Kier molecular flexibility index (Phi) is 5.83. The van der Waals surface area contributed by atoms with Gasteiger partial charge in [-0.15, -0.1) is 0 Å². The van der Waals surface area contributed by atoms with Gasteiger partial charge in [-0.2, -0.15) is 0 Å². The van der Waals surface area contributed by atoms with E-state index in [0.717, 1.165) is 5.75 Å². The summed E-state index contributed by atoms with van der Waals surface area (Å²) in [5.41, 5.74) is 0.434. The van der Waals surface area contributed by atoms with E-state index in [1.807, 2.05) is 30.3 Å².